The zero-order chi connectivity index (χ0) is 13.7. The number of amides is 1. The number of benzene rings is 1. The van der Waals surface area contributed by atoms with Gasteiger partial charge in [0.2, 0.25) is 5.91 Å². The van der Waals surface area contributed by atoms with Crippen LogP contribution in [0.25, 0.3) is 0 Å². The van der Waals surface area contributed by atoms with E-state index in [4.69, 9.17) is 0 Å². The summed E-state index contributed by atoms with van der Waals surface area (Å²) in [6, 6.07) is 6.81. The van der Waals surface area contributed by atoms with Crippen molar-refractivity contribution in [3.63, 3.8) is 0 Å². The Morgan fingerprint density at radius 1 is 1.17 bits per heavy atom. The Kier molecular flexibility index (Phi) is 4.89. The molecule has 98 valence electrons. The molecule has 1 aromatic rings. The number of nitrogens with one attached hydrogen (secondary N) is 1. The van der Waals surface area contributed by atoms with Gasteiger partial charge in [-0.1, -0.05) is 32.9 Å². The number of carbonyl (C=O) groups excluding carboxylic acids is 2. The fraction of sp³-hybridized carbons (Fsp3) is 0.429. The Morgan fingerprint density at radius 3 is 2.33 bits per heavy atom. The SMILES string of the molecule is COC(=O)c1ccccc1NC(=O)C(C)C(C)C. The van der Waals surface area contributed by atoms with E-state index in [2.05, 4.69) is 10.1 Å². The molecule has 18 heavy (non-hydrogen) atoms. The van der Waals surface area contributed by atoms with Gasteiger partial charge in [0.1, 0.15) is 0 Å². The fourth-order valence-electron chi connectivity index (χ4n) is 1.43. The summed E-state index contributed by atoms with van der Waals surface area (Å²) < 4.78 is 4.68. The minimum Gasteiger partial charge on any atom is -0.465 e. The molecule has 0 heterocycles. The molecular formula is C14H19NO3. The van der Waals surface area contributed by atoms with Gasteiger partial charge in [-0.05, 0) is 18.1 Å². The monoisotopic (exact) mass is 249 g/mol. The Morgan fingerprint density at radius 2 is 1.78 bits per heavy atom. The third kappa shape index (κ3) is 3.32. The van der Waals surface area contributed by atoms with Crippen LogP contribution < -0.4 is 5.32 Å². The molecule has 0 radical (unpaired) electrons. The quantitative estimate of drug-likeness (QED) is 0.835. The van der Waals surface area contributed by atoms with Crippen LogP contribution in [0.15, 0.2) is 24.3 Å². The summed E-state index contributed by atoms with van der Waals surface area (Å²) in [5.74, 6) is -0.421. The third-order valence-electron chi connectivity index (χ3n) is 3.00. The Hall–Kier alpha value is -1.84. The van der Waals surface area contributed by atoms with Crippen molar-refractivity contribution in [1.82, 2.24) is 0 Å². The summed E-state index contributed by atoms with van der Waals surface area (Å²) >= 11 is 0. The van der Waals surface area contributed by atoms with Gasteiger partial charge in [-0.2, -0.15) is 0 Å². The van der Waals surface area contributed by atoms with Crippen molar-refractivity contribution in [3.8, 4) is 0 Å². The summed E-state index contributed by atoms with van der Waals surface area (Å²) in [6.07, 6.45) is 0. The van der Waals surface area contributed by atoms with E-state index in [1.165, 1.54) is 7.11 Å². The van der Waals surface area contributed by atoms with Gasteiger partial charge in [-0.25, -0.2) is 4.79 Å². The number of para-hydroxylation sites is 1. The molecule has 0 saturated heterocycles. The molecule has 0 bridgehead atoms. The van der Waals surface area contributed by atoms with Crippen molar-refractivity contribution in [2.45, 2.75) is 20.8 Å². The van der Waals surface area contributed by atoms with Crippen molar-refractivity contribution in [3.05, 3.63) is 29.8 Å². The van der Waals surface area contributed by atoms with Crippen molar-refractivity contribution in [2.75, 3.05) is 12.4 Å². The first-order valence-electron chi connectivity index (χ1n) is 5.95. The predicted molar refractivity (Wildman–Crippen MR) is 70.4 cm³/mol. The molecule has 0 saturated carbocycles. The van der Waals surface area contributed by atoms with E-state index in [1.54, 1.807) is 24.3 Å². The Labute approximate surface area is 107 Å². The van der Waals surface area contributed by atoms with Crippen LogP contribution >= 0.6 is 0 Å². The van der Waals surface area contributed by atoms with Gasteiger partial charge in [0.25, 0.3) is 0 Å². The van der Waals surface area contributed by atoms with Gasteiger partial charge in [-0.3, -0.25) is 4.79 Å². The zero-order valence-corrected chi connectivity index (χ0v) is 11.2. The standard InChI is InChI=1S/C14H19NO3/c1-9(2)10(3)13(16)15-12-8-6-5-7-11(12)14(17)18-4/h5-10H,1-4H3,(H,15,16). The molecule has 4 heteroatoms. The highest BCUT2D eigenvalue weighted by Crippen LogP contribution is 2.18. The first kappa shape index (κ1) is 14.2. The van der Waals surface area contributed by atoms with Crippen LogP contribution in [0, 0.1) is 11.8 Å². The minimum absolute atomic E-state index is 0.0960. The maximum absolute atomic E-state index is 12.0. The molecule has 1 amide bonds. The van der Waals surface area contributed by atoms with Gasteiger partial charge in [-0.15, -0.1) is 0 Å². The van der Waals surface area contributed by atoms with Crippen LogP contribution in [0.5, 0.6) is 0 Å². The van der Waals surface area contributed by atoms with Crippen LogP contribution in [0.1, 0.15) is 31.1 Å². The summed E-state index contributed by atoms with van der Waals surface area (Å²) in [6.45, 7) is 5.83. The van der Waals surface area contributed by atoms with Crippen LogP contribution in [0.2, 0.25) is 0 Å². The van der Waals surface area contributed by atoms with E-state index in [9.17, 15) is 9.59 Å². The Bertz CT molecular complexity index is 440. The molecule has 4 nitrogen and oxygen atoms in total. The molecule has 0 spiro atoms. The number of hydrogen-bond acceptors (Lipinski definition) is 3. The molecule has 0 aliphatic heterocycles. The first-order valence-corrected chi connectivity index (χ1v) is 5.95. The topological polar surface area (TPSA) is 55.4 Å². The van der Waals surface area contributed by atoms with Gasteiger partial charge in [0, 0.05) is 5.92 Å². The summed E-state index contributed by atoms with van der Waals surface area (Å²) in [7, 11) is 1.32. The molecule has 0 aliphatic carbocycles. The molecule has 1 rings (SSSR count). The second-order valence-corrected chi connectivity index (χ2v) is 4.56. The number of esters is 1. The average Bonchev–Trinajstić information content (AvgIpc) is 2.37. The molecular weight excluding hydrogens is 230 g/mol. The highest BCUT2D eigenvalue weighted by Gasteiger charge is 2.19. The number of methoxy groups -OCH3 is 1. The second kappa shape index (κ2) is 6.19. The second-order valence-electron chi connectivity index (χ2n) is 4.56. The lowest BCUT2D eigenvalue weighted by Crippen LogP contribution is -2.25. The van der Waals surface area contributed by atoms with Crippen LogP contribution in [0.4, 0.5) is 5.69 Å². The van der Waals surface area contributed by atoms with Crippen LogP contribution in [-0.2, 0) is 9.53 Å². The van der Waals surface area contributed by atoms with Gasteiger partial charge >= 0.3 is 5.97 Å². The highest BCUT2D eigenvalue weighted by molar-refractivity contribution is 6.01. The van der Waals surface area contributed by atoms with Gasteiger partial charge in [0.05, 0.1) is 18.4 Å². The number of ether oxygens (including phenoxy) is 1. The van der Waals surface area contributed by atoms with Gasteiger partial charge in [0.15, 0.2) is 0 Å². The molecule has 0 aromatic heterocycles. The lowest BCUT2D eigenvalue weighted by molar-refractivity contribution is -0.120. The average molecular weight is 249 g/mol. The highest BCUT2D eigenvalue weighted by atomic mass is 16.5. The number of hydrogen-bond donors (Lipinski definition) is 1. The summed E-state index contributed by atoms with van der Waals surface area (Å²) in [4.78, 5) is 23.5. The summed E-state index contributed by atoms with van der Waals surface area (Å²) in [5.41, 5.74) is 0.853. The number of carbonyl (C=O) groups is 2. The number of anilines is 1. The van der Waals surface area contributed by atoms with E-state index in [0.717, 1.165) is 0 Å². The molecule has 1 N–H and O–H groups in total. The smallest absolute Gasteiger partial charge is 0.339 e. The molecule has 1 aromatic carbocycles. The lowest BCUT2D eigenvalue weighted by Gasteiger charge is -2.16. The largest absolute Gasteiger partial charge is 0.465 e. The maximum atomic E-state index is 12.0. The predicted octanol–water partition coefficient (Wildman–Crippen LogP) is 2.70. The van der Waals surface area contributed by atoms with Crippen LogP contribution in [-0.4, -0.2) is 19.0 Å². The van der Waals surface area contributed by atoms with Crippen molar-refractivity contribution >= 4 is 17.6 Å². The fourth-order valence-corrected chi connectivity index (χ4v) is 1.43. The van der Waals surface area contributed by atoms with E-state index in [1.807, 2.05) is 20.8 Å². The lowest BCUT2D eigenvalue weighted by atomic mass is 9.97. The van der Waals surface area contributed by atoms with E-state index >= 15 is 0 Å². The van der Waals surface area contributed by atoms with Gasteiger partial charge < -0.3 is 10.1 Å². The number of rotatable bonds is 4. The molecule has 1 atom stereocenters. The van der Waals surface area contributed by atoms with Crippen molar-refractivity contribution < 1.29 is 14.3 Å². The molecule has 0 aliphatic rings. The molecule has 1 unspecified atom stereocenters. The van der Waals surface area contributed by atoms with Crippen molar-refractivity contribution in [1.29, 1.82) is 0 Å². The maximum Gasteiger partial charge on any atom is 0.339 e. The van der Waals surface area contributed by atoms with E-state index in [-0.39, 0.29) is 17.7 Å². The van der Waals surface area contributed by atoms with E-state index < -0.39 is 5.97 Å². The first-order chi connectivity index (χ1) is 8.47. The minimum atomic E-state index is -0.455. The molecule has 0 fully saturated rings. The van der Waals surface area contributed by atoms with Crippen molar-refractivity contribution in [2.24, 2.45) is 11.8 Å². The van der Waals surface area contributed by atoms with Crippen LogP contribution in [0.3, 0.4) is 0 Å². The normalized spacial score (nSPS) is 12.1. The Balaban J connectivity index is 2.91. The van der Waals surface area contributed by atoms with E-state index in [0.29, 0.717) is 11.3 Å². The summed E-state index contributed by atoms with van der Waals surface area (Å²) in [5, 5.41) is 2.77. The third-order valence-corrected chi connectivity index (χ3v) is 3.00. The zero-order valence-electron chi connectivity index (χ0n) is 11.2.